The summed E-state index contributed by atoms with van der Waals surface area (Å²) in [6.07, 6.45) is 2.16. The zero-order valence-electron chi connectivity index (χ0n) is 13.0. The Morgan fingerprint density at radius 3 is 2.74 bits per heavy atom. The normalized spacial score (nSPS) is 24.6. The zero-order chi connectivity index (χ0) is 16.2. The number of para-hydroxylation sites is 1. The lowest BCUT2D eigenvalue weighted by molar-refractivity contribution is 0.316. The molecule has 1 saturated heterocycles. The van der Waals surface area contributed by atoms with Crippen molar-refractivity contribution < 1.29 is 8.42 Å². The number of hydrogen-bond donors (Lipinski definition) is 0. The summed E-state index contributed by atoms with van der Waals surface area (Å²) < 4.78 is 28.2. The SMILES string of the molecule is CCS(=O)(=O)N1[C@H]2CC[C@H]1Cn1c(nc3ccccc3c1=O)C2. The summed E-state index contributed by atoms with van der Waals surface area (Å²) in [5.41, 5.74) is 0.624. The van der Waals surface area contributed by atoms with Gasteiger partial charge >= 0.3 is 0 Å². The second-order valence-corrected chi connectivity index (χ2v) is 8.44. The Balaban J connectivity index is 1.88. The summed E-state index contributed by atoms with van der Waals surface area (Å²) in [6, 6.07) is 7.10. The summed E-state index contributed by atoms with van der Waals surface area (Å²) in [4.78, 5) is 17.4. The van der Waals surface area contributed by atoms with Crippen molar-refractivity contribution in [3.63, 3.8) is 0 Å². The van der Waals surface area contributed by atoms with Crippen LogP contribution >= 0.6 is 0 Å². The predicted molar refractivity (Wildman–Crippen MR) is 87.8 cm³/mol. The van der Waals surface area contributed by atoms with Gasteiger partial charge in [-0.05, 0) is 31.9 Å². The average Bonchev–Trinajstić information content (AvgIpc) is 2.85. The van der Waals surface area contributed by atoms with Crippen LogP contribution in [-0.2, 0) is 23.0 Å². The summed E-state index contributed by atoms with van der Waals surface area (Å²) in [6.45, 7) is 2.08. The number of fused-ring (bicyclic) bond motifs is 4. The molecule has 23 heavy (non-hydrogen) atoms. The number of hydrogen-bond acceptors (Lipinski definition) is 4. The van der Waals surface area contributed by atoms with Gasteiger partial charge in [0.2, 0.25) is 10.0 Å². The second kappa shape index (κ2) is 5.14. The highest BCUT2D eigenvalue weighted by Gasteiger charge is 2.43. The lowest BCUT2D eigenvalue weighted by Crippen LogP contribution is -2.43. The van der Waals surface area contributed by atoms with Gasteiger partial charge in [0.05, 0.1) is 16.7 Å². The van der Waals surface area contributed by atoms with Crippen molar-refractivity contribution in [2.24, 2.45) is 0 Å². The van der Waals surface area contributed by atoms with Gasteiger partial charge in [0, 0.05) is 25.0 Å². The van der Waals surface area contributed by atoms with Crippen LogP contribution in [0.25, 0.3) is 10.9 Å². The third kappa shape index (κ3) is 2.21. The molecule has 0 spiro atoms. The topological polar surface area (TPSA) is 72.3 Å². The zero-order valence-corrected chi connectivity index (χ0v) is 13.8. The van der Waals surface area contributed by atoms with E-state index >= 15 is 0 Å². The summed E-state index contributed by atoms with van der Waals surface area (Å²) in [5.74, 6) is 0.804. The Kier molecular flexibility index (Phi) is 3.32. The molecule has 0 saturated carbocycles. The number of nitrogens with zero attached hydrogens (tertiary/aromatic N) is 3. The molecule has 1 aromatic heterocycles. The van der Waals surface area contributed by atoms with E-state index in [1.54, 1.807) is 21.9 Å². The highest BCUT2D eigenvalue weighted by molar-refractivity contribution is 7.89. The first-order valence-corrected chi connectivity index (χ1v) is 9.62. The monoisotopic (exact) mass is 333 g/mol. The molecule has 2 atom stereocenters. The van der Waals surface area contributed by atoms with Crippen molar-refractivity contribution in [1.29, 1.82) is 0 Å². The standard InChI is InChI=1S/C16H19N3O3S/c1-2-23(21,22)19-11-7-8-12(19)10-18-15(9-11)17-14-6-4-3-5-13(14)16(18)20/h3-6,11-12H,2,7-10H2,1H3/t11-,12-/m0/s1. The Morgan fingerprint density at radius 1 is 1.22 bits per heavy atom. The first kappa shape index (κ1) is 14.8. The van der Waals surface area contributed by atoms with Crippen molar-refractivity contribution in [2.45, 2.75) is 44.8 Å². The Labute approximate surface area is 134 Å². The first-order valence-electron chi connectivity index (χ1n) is 8.01. The molecule has 122 valence electrons. The van der Waals surface area contributed by atoms with Gasteiger partial charge in [-0.3, -0.25) is 9.36 Å². The van der Waals surface area contributed by atoms with Crippen molar-refractivity contribution in [3.8, 4) is 0 Å². The summed E-state index contributed by atoms with van der Waals surface area (Å²) in [7, 11) is -3.27. The predicted octanol–water partition coefficient (Wildman–Crippen LogP) is 1.14. The second-order valence-electron chi connectivity index (χ2n) is 6.28. The van der Waals surface area contributed by atoms with Crippen LogP contribution < -0.4 is 5.56 Å². The maximum atomic E-state index is 12.8. The van der Waals surface area contributed by atoms with Gasteiger partial charge in [0.1, 0.15) is 5.82 Å². The van der Waals surface area contributed by atoms with Crippen molar-refractivity contribution in [2.75, 3.05) is 5.75 Å². The average molecular weight is 333 g/mol. The molecule has 0 N–H and O–H groups in total. The van der Waals surface area contributed by atoms with Crippen LogP contribution in [0.5, 0.6) is 0 Å². The third-order valence-electron chi connectivity index (χ3n) is 4.99. The van der Waals surface area contributed by atoms with Crippen LogP contribution in [0.3, 0.4) is 0 Å². The van der Waals surface area contributed by atoms with E-state index in [-0.39, 0.29) is 23.4 Å². The molecule has 4 rings (SSSR count). The Bertz CT molecular complexity index is 935. The minimum atomic E-state index is -3.27. The van der Waals surface area contributed by atoms with Gasteiger partial charge < -0.3 is 0 Å². The van der Waals surface area contributed by atoms with E-state index in [1.807, 2.05) is 18.2 Å². The van der Waals surface area contributed by atoms with Gasteiger partial charge in [-0.2, -0.15) is 4.31 Å². The fourth-order valence-corrected chi connectivity index (χ4v) is 5.44. The van der Waals surface area contributed by atoms with Crippen LogP contribution in [0.4, 0.5) is 0 Å². The van der Waals surface area contributed by atoms with E-state index < -0.39 is 10.0 Å². The molecule has 0 unspecified atom stereocenters. The van der Waals surface area contributed by atoms with Gasteiger partial charge in [0.15, 0.2) is 0 Å². The van der Waals surface area contributed by atoms with Crippen LogP contribution in [0.1, 0.15) is 25.6 Å². The molecule has 1 fully saturated rings. The Morgan fingerprint density at radius 2 is 1.96 bits per heavy atom. The van der Waals surface area contributed by atoms with Gasteiger partial charge in [0.25, 0.3) is 5.56 Å². The molecule has 7 heteroatoms. The largest absolute Gasteiger partial charge is 0.294 e. The van der Waals surface area contributed by atoms with Crippen LogP contribution in [0, 0.1) is 0 Å². The lowest BCUT2D eigenvalue weighted by atomic mass is 10.1. The van der Waals surface area contributed by atoms with Crippen molar-refractivity contribution >= 4 is 20.9 Å². The van der Waals surface area contributed by atoms with Crippen LogP contribution in [0.15, 0.2) is 29.1 Å². The quantitative estimate of drug-likeness (QED) is 0.826. The van der Waals surface area contributed by atoms with Gasteiger partial charge in [-0.1, -0.05) is 12.1 Å². The molecule has 2 bridgehead atoms. The lowest BCUT2D eigenvalue weighted by Gasteiger charge is -2.26. The fourth-order valence-electron chi connectivity index (χ4n) is 3.88. The highest BCUT2D eigenvalue weighted by Crippen LogP contribution is 2.33. The van der Waals surface area contributed by atoms with E-state index in [9.17, 15) is 13.2 Å². The van der Waals surface area contributed by atoms with Crippen LogP contribution in [0.2, 0.25) is 0 Å². The number of sulfonamides is 1. The van der Waals surface area contributed by atoms with E-state index in [0.717, 1.165) is 12.8 Å². The number of rotatable bonds is 2. The fraction of sp³-hybridized carbons (Fsp3) is 0.500. The van der Waals surface area contributed by atoms with Crippen molar-refractivity contribution in [3.05, 3.63) is 40.4 Å². The molecule has 1 aromatic carbocycles. The van der Waals surface area contributed by atoms with E-state index in [0.29, 0.717) is 29.7 Å². The van der Waals surface area contributed by atoms with E-state index in [2.05, 4.69) is 4.98 Å². The van der Waals surface area contributed by atoms with Crippen molar-refractivity contribution in [1.82, 2.24) is 13.9 Å². The molecule has 0 radical (unpaired) electrons. The molecular formula is C16H19N3O3S. The molecule has 2 aromatic rings. The highest BCUT2D eigenvalue weighted by atomic mass is 32.2. The number of benzene rings is 1. The van der Waals surface area contributed by atoms with Gasteiger partial charge in [-0.25, -0.2) is 13.4 Å². The smallest absolute Gasteiger partial charge is 0.261 e. The van der Waals surface area contributed by atoms with Gasteiger partial charge in [-0.15, -0.1) is 0 Å². The van der Waals surface area contributed by atoms with E-state index in [1.165, 1.54) is 0 Å². The molecule has 0 amide bonds. The molecule has 6 nitrogen and oxygen atoms in total. The van der Waals surface area contributed by atoms with Crippen LogP contribution in [-0.4, -0.2) is 40.1 Å². The summed E-state index contributed by atoms with van der Waals surface area (Å²) in [5, 5.41) is 0.596. The minimum absolute atomic E-state index is 0.0630. The minimum Gasteiger partial charge on any atom is -0.294 e. The molecule has 3 heterocycles. The maximum absolute atomic E-state index is 12.8. The number of aromatic nitrogens is 2. The molecule has 2 aliphatic heterocycles. The Hall–Kier alpha value is -1.73. The molecule has 0 aliphatic carbocycles. The summed E-state index contributed by atoms with van der Waals surface area (Å²) >= 11 is 0. The van der Waals surface area contributed by atoms with E-state index in [4.69, 9.17) is 0 Å². The maximum Gasteiger partial charge on any atom is 0.261 e. The third-order valence-corrected chi connectivity index (χ3v) is 6.96. The molecular weight excluding hydrogens is 314 g/mol. The molecule has 2 aliphatic rings. The first-order chi connectivity index (χ1) is 11.0.